The summed E-state index contributed by atoms with van der Waals surface area (Å²) in [7, 11) is 3.45. The van der Waals surface area contributed by atoms with Crippen LogP contribution in [0.1, 0.15) is 45.2 Å². The van der Waals surface area contributed by atoms with E-state index in [0.29, 0.717) is 12.5 Å². The lowest BCUT2D eigenvalue weighted by molar-refractivity contribution is 0.0321. The molecule has 2 N–H and O–H groups in total. The maximum Gasteiger partial charge on any atom is 0.317 e. The van der Waals surface area contributed by atoms with Crippen LogP contribution < -0.4 is 10.1 Å². The average Bonchev–Trinajstić information content (AvgIpc) is 2.49. The Balaban J connectivity index is 2.10. The number of nitrogens with zero attached hydrogens (tertiary/aromatic N) is 1. The molecule has 2 rings (SSSR count). The first-order chi connectivity index (χ1) is 11.2. The summed E-state index contributed by atoms with van der Waals surface area (Å²) in [4.78, 5) is 14.4. The number of hydrogen-bond acceptors (Lipinski definition) is 3. The van der Waals surface area contributed by atoms with Crippen molar-refractivity contribution >= 4 is 6.03 Å². The highest BCUT2D eigenvalue weighted by Crippen LogP contribution is 2.37. The van der Waals surface area contributed by atoms with Crippen molar-refractivity contribution in [2.75, 3.05) is 20.7 Å². The molecule has 1 aromatic carbocycles. The van der Waals surface area contributed by atoms with Gasteiger partial charge in [-0.3, -0.25) is 0 Å². The van der Waals surface area contributed by atoms with E-state index in [1.165, 1.54) is 0 Å². The Morgan fingerprint density at radius 3 is 2.54 bits per heavy atom. The molecule has 0 bridgehead atoms. The van der Waals surface area contributed by atoms with Gasteiger partial charge in [0.1, 0.15) is 5.75 Å². The van der Waals surface area contributed by atoms with Crippen molar-refractivity contribution in [2.45, 2.75) is 45.8 Å². The maximum atomic E-state index is 12.6. The van der Waals surface area contributed by atoms with E-state index in [0.717, 1.165) is 24.2 Å². The van der Waals surface area contributed by atoms with Crippen molar-refractivity contribution in [1.29, 1.82) is 0 Å². The number of aliphatic hydroxyl groups is 1. The van der Waals surface area contributed by atoms with Crippen LogP contribution in [0.15, 0.2) is 24.3 Å². The molecule has 0 aliphatic heterocycles. The van der Waals surface area contributed by atoms with Gasteiger partial charge in [0.15, 0.2) is 0 Å². The van der Waals surface area contributed by atoms with Crippen molar-refractivity contribution in [1.82, 2.24) is 10.2 Å². The van der Waals surface area contributed by atoms with Crippen LogP contribution in [0.2, 0.25) is 0 Å². The first-order valence-electron chi connectivity index (χ1n) is 8.55. The maximum absolute atomic E-state index is 12.6. The molecule has 24 heavy (non-hydrogen) atoms. The van der Waals surface area contributed by atoms with Gasteiger partial charge in [0, 0.05) is 19.2 Å². The molecule has 5 heteroatoms. The largest absolute Gasteiger partial charge is 0.496 e. The fourth-order valence-electron chi connectivity index (χ4n) is 3.22. The van der Waals surface area contributed by atoms with Crippen molar-refractivity contribution in [3.8, 4) is 5.75 Å². The van der Waals surface area contributed by atoms with E-state index in [1.807, 2.05) is 31.3 Å². The highest BCUT2D eigenvalue weighted by molar-refractivity contribution is 5.74. The number of hydrogen-bond donors (Lipinski definition) is 2. The Hall–Kier alpha value is -1.75. The normalized spacial score (nSPS) is 21.6. The van der Waals surface area contributed by atoms with E-state index in [1.54, 1.807) is 12.0 Å². The lowest BCUT2D eigenvalue weighted by atomic mass is 9.81. The molecular formula is C19H30N2O3. The Morgan fingerprint density at radius 1 is 1.38 bits per heavy atom. The summed E-state index contributed by atoms with van der Waals surface area (Å²) < 4.78 is 5.47. The molecule has 1 atom stereocenters. The van der Waals surface area contributed by atoms with Crippen LogP contribution in [0.4, 0.5) is 4.79 Å². The number of amides is 2. The van der Waals surface area contributed by atoms with Gasteiger partial charge in [-0.25, -0.2) is 4.79 Å². The van der Waals surface area contributed by atoms with Gasteiger partial charge in [-0.15, -0.1) is 0 Å². The highest BCUT2D eigenvalue weighted by Gasteiger charge is 2.33. The van der Waals surface area contributed by atoms with Gasteiger partial charge in [0.25, 0.3) is 0 Å². The second kappa shape index (κ2) is 7.43. The molecule has 1 fully saturated rings. The van der Waals surface area contributed by atoms with Crippen LogP contribution in [0.3, 0.4) is 0 Å². The Bertz CT molecular complexity index is 562. The first-order valence-corrected chi connectivity index (χ1v) is 8.55. The average molecular weight is 334 g/mol. The minimum absolute atomic E-state index is 0.0952. The summed E-state index contributed by atoms with van der Waals surface area (Å²) >= 11 is 0. The molecule has 2 amide bonds. The fourth-order valence-corrected chi connectivity index (χ4v) is 3.22. The Kier molecular flexibility index (Phi) is 5.75. The summed E-state index contributed by atoms with van der Waals surface area (Å²) in [5, 5.41) is 12.6. The molecule has 0 heterocycles. The van der Waals surface area contributed by atoms with Gasteiger partial charge in [-0.1, -0.05) is 39.0 Å². The Labute approximate surface area is 145 Å². The summed E-state index contributed by atoms with van der Waals surface area (Å²) in [6, 6.07) is 7.55. The van der Waals surface area contributed by atoms with Crippen molar-refractivity contribution < 1.29 is 14.6 Å². The molecule has 1 aliphatic rings. The molecule has 1 unspecified atom stereocenters. The quantitative estimate of drug-likeness (QED) is 0.869. The molecular weight excluding hydrogens is 304 g/mol. The van der Waals surface area contributed by atoms with Gasteiger partial charge in [0.2, 0.25) is 0 Å². The number of nitrogens with one attached hydrogen (secondary N) is 1. The van der Waals surface area contributed by atoms with Crippen molar-refractivity contribution in [2.24, 2.45) is 11.3 Å². The van der Waals surface area contributed by atoms with E-state index in [2.05, 4.69) is 26.1 Å². The Morgan fingerprint density at radius 2 is 2.00 bits per heavy atom. The number of carbonyl (C=O) groups is 1. The van der Waals surface area contributed by atoms with Crippen LogP contribution in [-0.4, -0.2) is 42.8 Å². The second-order valence-electron chi connectivity index (χ2n) is 7.86. The number of methoxy groups -OCH3 is 1. The zero-order valence-corrected chi connectivity index (χ0v) is 15.4. The van der Waals surface area contributed by atoms with Crippen LogP contribution >= 0.6 is 0 Å². The van der Waals surface area contributed by atoms with E-state index < -0.39 is 0 Å². The number of benzene rings is 1. The second-order valence-corrected chi connectivity index (χ2v) is 7.86. The standard InChI is InChI=1S/C19H30N2O3/c1-19(2,3)17(15-8-6-7-9-16(15)24-5)20-18(23)21(4)12-13-10-14(22)11-13/h6-9,13-14,17,22H,10-12H2,1-5H3,(H,20,23). The SMILES string of the molecule is COc1ccccc1C(NC(=O)N(C)CC1CC(O)C1)C(C)(C)C. The van der Waals surface area contributed by atoms with Crippen molar-refractivity contribution in [3.63, 3.8) is 0 Å². The molecule has 0 spiro atoms. The van der Waals surface area contributed by atoms with Gasteiger partial charge < -0.3 is 20.1 Å². The number of carbonyl (C=O) groups excluding carboxylic acids is 1. The third-order valence-corrected chi connectivity index (χ3v) is 4.67. The highest BCUT2D eigenvalue weighted by atomic mass is 16.5. The molecule has 1 saturated carbocycles. The van der Waals surface area contributed by atoms with Crippen LogP contribution in [0.25, 0.3) is 0 Å². The predicted octanol–water partition coefficient (Wildman–Crippen LogP) is 3.19. The molecule has 134 valence electrons. The molecule has 0 saturated heterocycles. The van der Waals surface area contributed by atoms with E-state index >= 15 is 0 Å². The number of rotatable bonds is 5. The van der Waals surface area contributed by atoms with E-state index in [4.69, 9.17) is 4.74 Å². The molecule has 0 radical (unpaired) electrons. The lowest BCUT2D eigenvalue weighted by Crippen LogP contribution is -2.46. The molecule has 1 aromatic rings. The van der Waals surface area contributed by atoms with Crippen LogP contribution in [0, 0.1) is 11.3 Å². The number of para-hydroxylation sites is 1. The van der Waals surface area contributed by atoms with Crippen LogP contribution in [-0.2, 0) is 0 Å². The number of ether oxygens (including phenoxy) is 1. The summed E-state index contributed by atoms with van der Waals surface area (Å²) in [6.07, 6.45) is 1.38. The van der Waals surface area contributed by atoms with Gasteiger partial charge in [-0.05, 0) is 30.2 Å². The van der Waals surface area contributed by atoms with E-state index in [-0.39, 0.29) is 23.6 Å². The zero-order chi connectivity index (χ0) is 17.9. The first kappa shape index (κ1) is 18.6. The fraction of sp³-hybridized carbons (Fsp3) is 0.632. The number of aliphatic hydroxyl groups excluding tert-OH is 1. The van der Waals surface area contributed by atoms with Gasteiger partial charge in [-0.2, -0.15) is 0 Å². The predicted molar refractivity (Wildman–Crippen MR) is 95.1 cm³/mol. The topological polar surface area (TPSA) is 61.8 Å². The zero-order valence-electron chi connectivity index (χ0n) is 15.4. The van der Waals surface area contributed by atoms with Gasteiger partial charge in [0.05, 0.1) is 19.3 Å². The molecule has 0 aromatic heterocycles. The lowest BCUT2D eigenvalue weighted by Gasteiger charge is -2.37. The third-order valence-electron chi connectivity index (χ3n) is 4.67. The minimum Gasteiger partial charge on any atom is -0.496 e. The smallest absolute Gasteiger partial charge is 0.317 e. The van der Waals surface area contributed by atoms with E-state index in [9.17, 15) is 9.90 Å². The summed E-state index contributed by atoms with van der Waals surface area (Å²) in [6.45, 7) is 6.98. The summed E-state index contributed by atoms with van der Waals surface area (Å²) in [5.41, 5.74) is 0.825. The monoisotopic (exact) mass is 334 g/mol. The molecule has 1 aliphatic carbocycles. The van der Waals surface area contributed by atoms with Crippen LogP contribution in [0.5, 0.6) is 5.75 Å². The molecule has 5 nitrogen and oxygen atoms in total. The van der Waals surface area contributed by atoms with Gasteiger partial charge >= 0.3 is 6.03 Å². The number of urea groups is 1. The van der Waals surface area contributed by atoms with Crippen molar-refractivity contribution in [3.05, 3.63) is 29.8 Å². The summed E-state index contributed by atoms with van der Waals surface area (Å²) in [5.74, 6) is 1.18. The third kappa shape index (κ3) is 4.41. The minimum atomic E-state index is -0.192.